The largest absolute Gasteiger partial charge is 0.332 e. The molecule has 1 amide bonds. The van der Waals surface area contributed by atoms with Crippen molar-refractivity contribution in [1.29, 1.82) is 5.26 Å². The third-order valence-corrected chi connectivity index (χ3v) is 3.50. The van der Waals surface area contributed by atoms with Crippen LogP contribution in [0.15, 0.2) is 42.5 Å². The van der Waals surface area contributed by atoms with Crippen molar-refractivity contribution in [3.05, 3.63) is 70.5 Å². The van der Waals surface area contributed by atoms with E-state index in [9.17, 15) is 19.2 Å². The maximum atomic E-state index is 13.8. The fourth-order valence-electron chi connectivity index (χ4n) is 2.25. The van der Waals surface area contributed by atoms with Gasteiger partial charge in [-0.25, -0.2) is 4.39 Å². The van der Waals surface area contributed by atoms with Gasteiger partial charge in [-0.15, -0.1) is 0 Å². The number of amides is 1. The third kappa shape index (κ3) is 3.61. The number of carbonyl (C=O) groups is 2. The van der Waals surface area contributed by atoms with Gasteiger partial charge in [0, 0.05) is 16.7 Å². The van der Waals surface area contributed by atoms with Crippen LogP contribution in [0.4, 0.5) is 4.39 Å². The smallest absolute Gasteiger partial charge is 0.252 e. The fraction of sp³-hybridized carbons (Fsp3) is 0.167. The molecule has 1 N–H and O–H groups in total. The molecule has 0 aliphatic heterocycles. The highest BCUT2D eigenvalue weighted by Crippen LogP contribution is 2.18. The van der Waals surface area contributed by atoms with E-state index in [-0.39, 0.29) is 16.9 Å². The minimum absolute atomic E-state index is 0.0993. The van der Waals surface area contributed by atoms with Gasteiger partial charge in [0.15, 0.2) is 5.78 Å². The van der Waals surface area contributed by atoms with Crippen molar-refractivity contribution in [3.63, 3.8) is 0 Å². The van der Waals surface area contributed by atoms with Gasteiger partial charge in [0.1, 0.15) is 11.9 Å². The second-order valence-electron chi connectivity index (χ2n) is 5.14. The molecule has 2 aromatic carbocycles. The topological polar surface area (TPSA) is 70.0 Å². The van der Waals surface area contributed by atoms with Gasteiger partial charge in [0.25, 0.3) is 5.91 Å². The molecule has 0 saturated heterocycles. The molecule has 0 saturated carbocycles. The number of ketones is 1. The molecule has 0 radical (unpaired) electrons. The standard InChI is InChI=1S/C18H15FN2O2/c1-11-7-8-13(9-15(11)12(2)22)18(23)21-17(10-20)14-5-3-4-6-16(14)19/h3-9,17H,1-2H3,(H,21,23). The predicted molar refractivity (Wildman–Crippen MR) is 83.4 cm³/mol. The van der Waals surface area contributed by atoms with Gasteiger partial charge in [-0.3, -0.25) is 9.59 Å². The van der Waals surface area contributed by atoms with Crippen LogP contribution in [0.1, 0.15) is 44.8 Å². The molecule has 1 unspecified atom stereocenters. The highest BCUT2D eigenvalue weighted by Gasteiger charge is 2.19. The van der Waals surface area contributed by atoms with Crippen LogP contribution in [0.25, 0.3) is 0 Å². The summed E-state index contributed by atoms with van der Waals surface area (Å²) in [7, 11) is 0. The first-order valence-electron chi connectivity index (χ1n) is 7.00. The Hall–Kier alpha value is -3.00. The molecule has 1 atom stereocenters. The van der Waals surface area contributed by atoms with Crippen LogP contribution in [0, 0.1) is 24.1 Å². The van der Waals surface area contributed by atoms with Crippen LogP contribution in [-0.4, -0.2) is 11.7 Å². The number of nitrogens with one attached hydrogen (secondary N) is 1. The predicted octanol–water partition coefficient (Wildman–Crippen LogP) is 3.33. The molecule has 0 fully saturated rings. The van der Waals surface area contributed by atoms with Gasteiger partial charge in [-0.1, -0.05) is 24.3 Å². The number of benzene rings is 2. The number of hydrogen-bond acceptors (Lipinski definition) is 3. The third-order valence-electron chi connectivity index (χ3n) is 3.50. The van der Waals surface area contributed by atoms with Crippen molar-refractivity contribution in [3.8, 4) is 6.07 Å². The maximum Gasteiger partial charge on any atom is 0.252 e. The van der Waals surface area contributed by atoms with Crippen LogP contribution >= 0.6 is 0 Å². The van der Waals surface area contributed by atoms with Crippen LogP contribution in [-0.2, 0) is 0 Å². The lowest BCUT2D eigenvalue weighted by Crippen LogP contribution is -2.28. The SMILES string of the molecule is CC(=O)c1cc(C(=O)NC(C#N)c2ccccc2F)ccc1C. The van der Waals surface area contributed by atoms with E-state index < -0.39 is 17.8 Å². The first-order chi connectivity index (χ1) is 10.9. The number of Topliss-reactive ketones (excluding diaryl/α,β-unsaturated/α-hetero) is 1. The summed E-state index contributed by atoms with van der Waals surface area (Å²) < 4.78 is 13.8. The zero-order chi connectivity index (χ0) is 17.0. The number of nitriles is 1. The van der Waals surface area contributed by atoms with Crippen molar-refractivity contribution in [2.75, 3.05) is 0 Å². The quantitative estimate of drug-likeness (QED) is 0.881. The van der Waals surface area contributed by atoms with Gasteiger partial charge in [-0.2, -0.15) is 5.26 Å². The summed E-state index contributed by atoms with van der Waals surface area (Å²) in [4.78, 5) is 23.8. The Labute approximate surface area is 133 Å². The molecule has 2 rings (SSSR count). The van der Waals surface area contributed by atoms with Gasteiger partial charge < -0.3 is 5.32 Å². The van der Waals surface area contributed by atoms with E-state index in [1.807, 2.05) is 6.07 Å². The molecular formula is C18H15FN2O2. The number of halogens is 1. The monoisotopic (exact) mass is 310 g/mol. The molecule has 0 spiro atoms. The molecule has 0 bridgehead atoms. The lowest BCUT2D eigenvalue weighted by atomic mass is 10.0. The average molecular weight is 310 g/mol. The second kappa shape index (κ2) is 6.84. The molecule has 116 valence electrons. The van der Waals surface area contributed by atoms with Gasteiger partial charge in [0.2, 0.25) is 0 Å². The van der Waals surface area contributed by atoms with E-state index in [1.165, 1.54) is 31.2 Å². The van der Waals surface area contributed by atoms with E-state index in [0.29, 0.717) is 5.56 Å². The maximum absolute atomic E-state index is 13.8. The van der Waals surface area contributed by atoms with Crippen molar-refractivity contribution in [1.82, 2.24) is 5.32 Å². The number of nitrogens with zero attached hydrogens (tertiary/aromatic N) is 1. The van der Waals surface area contributed by atoms with E-state index in [4.69, 9.17) is 0 Å². The summed E-state index contributed by atoms with van der Waals surface area (Å²) in [5.74, 6) is -1.25. The van der Waals surface area contributed by atoms with Crippen LogP contribution in [0.2, 0.25) is 0 Å². The highest BCUT2D eigenvalue weighted by atomic mass is 19.1. The molecule has 23 heavy (non-hydrogen) atoms. The molecular weight excluding hydrogens is 295 g/mol. The Balaban J connectivity index is 2.28. The Morgan fingerprint density at radius 1 is 1.22 bits per heavy atom. The Kier molecular flexibility index (Phi) is 4.87. The highest BCUT2D eigenvalue weighted by molar-refractivity contribution is 6.00. The fourth-order valence-corrected chi connectivity index (χ4v) is 2.25. The Morgan fingerprint density at radius 2 is 1.91 bits per heavy atom. The molecule has 0 aromatic heterocycles. The summed E-state index contributed by atoms with van der Waals surface area (Å²) in [5.41, 5.74) is 1.55. The van der Waals surface area contributed by atoms with Crippen molar-refractivity contribution in [2.24, 2.45) is 0 Å². The Bertz CT molecular complexity index is 809. The van der Waals surface area contributed by atoms with Gasteiger partial charge in [0.05, 0.1) is 6.07 Å². The summed E-state index contributed by atoms with van der Waals surface area (Å²) >= 11 is 0. The minimum atomic E-state index is -1.11. The van der Waals surface area contributed by atoms with E-state index >= 15 is 0 Å². The van der Waals surface area contributed by atoms with Crippen LogP contribution in [0.3, 0.4) is 0 Å². The number of rotatable bonds is 4. The van der Waals surface area contributed by atoms with Gasteiger partial charge in [-0.05, 0) is 37.6 Å². The van der Waals surface area contributed by atoms with E-state index in [1.54, 1.807) is 25.1 Å². The molecule has 4 nitrogen and oxygen atoms in total. The first-order valence-corrected chi connectivity index (χ1v) is 7.00. The number of hydrogen-bond donors (Lipinski definition) is 1. The molecule has 0 heterocycles. The van der Waals surface area contributed by atoms with Crippen molar-refractivity contribution < 1.29 is 14.0 Å². The van der Waals surface area contributed by atoms with Crippen LogP contribution in [0.5, 0.6) is 0 Å². The summed E-state index contributed by atoms with van der Waals surface area (Å²) in [6.07, 6.45) is 0. The second-order valence-corrected chi connectivity index (χ2v) is 5.14. The summed E-state index contributed by atoms with van der Waals surface area (Å²) in [6.45, 7) is 3.19. The minimum Gasteiger partial charge on any atom is -0.332 e. The summed E-state index contributed by atoms with van der Waals surface area (Å²) in [6, 6.07) is 11.2. The average Bonchev–Trinajstić information content (AvgIpc) is 2.53. The normalized spacial score (nSPS) is 11.4. The lowest BCUT2D eigenvalue weighted by molar-refractivity contribution is 0.0944. The van der Waals surface area contributed by atoms with Crippen LogP contribution < -0.4 is 5.32 Å². The molecule has 0 aliphatic carbocycles. The van der Waals surface area contributed by atoms with E-state index in [2.05, 4.69) is 5.32 Å². The van der Waals surface area contributed by atoms with E-state index in [0.717, 1.165) is 5.56 Å². The zero-order valence-electron chi connectivity index (χ0n) is 12.8. The lowest BCUT2D eigenvalue weighted by Gasteiger charge is -2.13. The molecule has 0 aliphatic rings. The van der Waals surface area contributed by atoms with Crippen molar-refractivity contribution >= 4 is 11.7 Å². The molecule has 5 heteroatoms. The number of carbonyl (C=O) groups excluding carboxylic acids is 2. The summed E-state index contributed by atoms with van der Waals surface area (Å²) in [5, 5.41) is 11.7. The molecule has 2 aromatic rings. The first kappa shape index (κ1) is 16.4. The van der Waals surface area contributed by atoms with Crippen molar-refractivity contribution in [2.45, 2.75) is 19.9 Å². The Morgan fingerprint density at radius 3 is 2.52 bits per heavy atom. The van der Waals surface area contributed by atoms with Gasteiger partial charge >= 0.3 is 0 Å². The zero-order valence-corrected chi connectivity index (χ0v) is 12.8. The number of aryl methyl sites for hydroxylation is 1.